The molecule has 1 fully saturated rings. The van der Waals surface area contributed by atoms with Gasteiger partial charge in [-0.05, 0) is 36.5 Å². The molecule has 2 N–H and O–H groups in total. The number of aliphatic hydroxyl groups is 1. The Morgan fingerprint density at radius 1 is 1.18 bits per heavy atom. The van der Waals surface area contributed by atoms with Crippen LogP contribution in [-0.2, 0) is 0 Å². The molecule has 0 saturated heterocycles. The van der Waals surface area contributed by atoms with Crippen LogP contribution in [0.5, 0.6) is 0 Å². The van der Waals surface area contributed by atoms with Crippen LogP contribution in [0.25, 0.3) is 0 Å². The van der Waals surface area contributed by atoms with Crippen LogP contribution in [0.2, 0.25) is 0 Å². The summed E-state index contributed by atoms with van der Waals surface area (Å²) in [5.74, 6) is 0.572. The van der Waals surface area contributed by atoms with E-state index >= 15 is 0 Å². The van der Waals surface area contributed by atoms with Crippen LogP contribution in [0, 0.1) is 0 Å². The Labute approximate surface area is 104 Å². The van der Waals surface area contributed by atoms with Gasteiger partial charge >= 0.3 is 0 Å². The highest BCUT2D eigenvalue weighted by atomic mass is 16.3. The molecule has 94 valence electrons. The predicted octanol–water partition coefficient (Wildman–Crippen LogP) is 3.53. The van der Waals surface area contributed by atoms with Gasteiger partial charge in [-0.2, -0.15) is 0 Å². The van der Waals surface area contributed by atoms with Crippen LogP contribution in [0.1, 0.15) is 51.0 Å². The zero-order chi connectivity index (χ0) is 12.3. The molecule has 1 aromatic rings. The number of hydrogen-bond donors (Lipinski definition) is 2. The maximum Gasteiger partial charge on any atom is 0.0819 e. The zero-order valence-electron chi connectivity index (χ0n) is 10.9. The van der Waals surface area contributed by atoms with Gasteiger partial charge in [-0.25, -0.2) is 0 Å². The van der Waals surface area contributed by atoms with E-state index in [0.717, 1.165) is 31.4 Å². The maximum atomic E-state index is 10.2. The van der Waals surface area contributed by atoms with E-state index in [2.05, 4.69) is 43.4 Å². The standard InChI is InChI=1S/C15H23NO/c1-12(2)13-5-7-14(8-6-13)16-11-15(17)9-3-4-10-15/h5-8,12,16-17H,3-4,9-11H2,1-2H3. The Morgan fingerprint density at radius 3 is 2.29 bits per heavy atom. The lowest BCUT2D eigenvalue weighted by molar-refractivity contribution is 0.0615. The van der Waals surface area contributed by atoms with Crippen molar-refractivity contribution in [1.29, 1.82) is 0 Å². The van der Waals surface area contributed by atoms with E-state index in [0.29, 0.717) is 12.5 Å². The van der Waals surface area contributed by atoms with Crippen molar-refractivity contribution in [2.24, 2.45) is 0 Å². The summed E-state index contributed by atoms with van der Waals surface area (Å²) in [4.78, 5) is 0. The van der Waals surface area contributed by atoms with Gasteiger partial charge in [-0.1, -0.05) is 38.8 Å². The maximum absolute atomic E-state index is 10.2. The van der Waals surface area contributed by atoms with Gasteiger partial charge in [0.25, 0.3) is 0 Å². The highest BCUT2D eigenvalue weighted by molar-refractivity contribution is 5.45. The van der Waals surface area contributed by atoms with E-state index in [1.807, 2.05) is 0 Å². The molecule has 1 aromatic carbocycles. The first-order valence-corrected chi connectivity index (χ1v) is 6.65. The third-order valence-corrected chi connectivity index (χ3v) is 3.73. The van der Waals surface area contributed by atoms with Gasteiger partial charge in [-0.3, -0.25) is 0 Å². The molecule has 0 aromatic heterocycles. The summed E-state index contributed by atoms with van der Waals surface area (Å²) < 4.78 is 0. The minimum atomic E-state index is -0.475. The summed E-state index contributed by atoms with van der Waals surface area (Å²) in [7, 11) is 0. The summed E-state index contributed by atoms with van der Waals surface area (Å²) >= 11 is 0. The van der Waals surface area contributed by atoms with E-state index in [1.54, 1.807) is 0 Å². The Hall–Kier alpha value is -1.02. The van der Waals surface area contributed by atoms with Crippen molar-refractivity contribution >= 4 is 5.69 Å². The predicted molar refractivity (Wildman–Crippen MR) is 72.4 cm³/mol. The second-order valence-electron chi connectivity index (χ2n) is 5.56. The number of nitrogens with one attached hydrogen (secondary N) is 1. The van der Waals surface area contributed by atoms with Crippen LogP contribution < -0.4 is 5.32 Å². The first-order chi connectivity index (χ1) is 8.09. The molecule has 1 aliphatic rings. The molecule has 2 heteroatoms. The monoisotopic (exact) mass is 233 g/mol. The van der Waals surface area contributed by atoms with E-state index in [-0.39, 0.29) is 0 Å². The molecule has 1 aliphatic carbocycles. The van der Waals surface area contributed by atoms with Crippen molar-refractivity contribution in [3.8, 4) is 0 Å². The number of anilines is 1. The summed E-state index contributed by atoms with van der Waals surface area (Å²) in [6.07, 6.45) is 4.18. The average Bonchev–Trinajstić information content (AvgIpc) is 2.75. The fourth-order valence-electron chi connectivity index (χ4n) is 2.46. The van der Waals surface area contributed by atoms with Gasteiger partial charge in [0.05, 0.1) is 5.60 Å². The molecule has 0 radical (unpaired) electrons. The third-order valence-electron chi connectivity index (χ3n) is 3.73. The molecule has 0 heterocycles. The summed E-state index contributed by atoms with van der Waals surface area (Å²) in [5.41, 5.74) is 1.99. The Kier molecular flexibility index (Phi) is 3.72. The van der Waals surface area contributed by atoms with Gasteiger partial charge in [0.15, 0.2) is 0 Å². The third kappa shape index (κ3) is 3.22. The molecule has 0 atom stereocenters. The molecular weight excluding hydrogens is 210 g/mol. The Balaban J connectivity index is 1.90. The van der Waals surface area contributed by atoms with Crippen molar-refractivity contribution in [3.63, 3.8) is 0 Å². The summed E-state index contributed by atoms with van der Waals surface area (Å²) in [6.45, 7) is 5.07. The van der Waals surface area contributed by atoms with Crippen LogP contribution in [0.4, 0.5) is 5.69 Å². The van der Waals surface area contributed by atoms with E-state index < -0.39 is 5.60 Å². The van der Waals surface area contributed by atoms with E-state index in [4.69, 9.17) is 0 Å². The van der Waals surface area contributed by atoms with Gasteiger partial charge in [0.1, 0.15) is 0 Å². The largest absolute Gasteiger partial charge is 0.388 e. The fraction of sp³-hybridized carbons (Fsp3) is 0.600. The average molecular weight is 233 g/mol. The second-order valence-corrected chi connectivity index (χ2v) is 5.56. The molecule has 17 heavy (non-hydrogen) atoms. The van der Waals surface area contributed by atoms with E-state index in [1.165, 1.54) is 5.56 Å². The molecule has 0 bridgehead atoms. The normalized spacial score (nSPS) is 18.6. The first-order valence-electron chi connectivity index (χ1n) is 6.65. The highest BCUT2D eigenvalue weighted by Crippen LogP contribution is 2.29. The van der Waals surface area contributed by atoms with Crippen molar-refractivity contribution in [2.75, 3.05) is 11.9 Å². The van der Waals surface area contributed by atoms with Crippen molar-refractivity contribution in [3.05, 3.63) is 29.8 Å². The lowest BCUT2D eigenvalue weighted by Gasteiger charge is -2.23. The van der Waals surface area contributed by atoms with Crippen LogP contribution in [0.15, 0.2) is 24.3 Å². The van der Waals surface area contributed by atoms with Gasteiger partial charge in [0.2, 0.25) is 0 Å². The van der Waals surface area contributed by atoms with Gasteiger partial charge < -0.3 is 10.4 Å². The molecule has 0 spiro atoms. The SMILES string of the molecule is CC(C)c1ccc(NCC2(O)CCCC2)cc1. The summed E-state index contributed by atoms with van der Waals surface area (Å²) in [6, 6.07) is 8.53. The Bertz CT molecular complexity index is 350. The molecular formula is C15H23NO. The smallest absolute Gasteiger partial charge is 0.0819 e. The minimum absolute atomic E-state index is 0.475. The van der Waals surface area contributed by atoms with Gasteiger partial charge in [-0.15, -0.1) is 0 Å². The molecule has 1 saturated carbocycles. The molecule has 0 unspecified atom stereocenters. The number of hydrogen-bond acceptors (Lipinski definition) is 2. The number of rotatable bonds is 4. The highest BCUT2D eigenvalue weighted by Gasteiger charge is 2.30. The first kappa shape index (κ1) is 12.4. The zero-order valence-corrected chi connectivity index (χ0v) is 10.9. The van der Waals surface area contributed by atoms with Crippen LogP contribution in [0.3, 0.4) is 0 Å². The molecule has 0 aliphatic heterocycles. The fourth-order valence-corrected chi connectivity index (χ4v) is 2.46. The minimum Gasteiger partial charge on any atom is -0.388 e. The lowest BCUT2D eigenvalue weighted by Crippen LogP contribution is -2.33. The Morgan fingerprint density at radius 2 is 1.76 bits per heavy atom. The topological polar surface area (TPSA) is 32.3 Å². The summed E-state index contributed by atoms with van der Waals surface area (Å²) in [5, 5.41) is 13.6. The lowest BCUT2D eigenvalue weighted by atomic mass is 10.0. The van der Waals surface area contributed by atoms with Crippen molar-refractivity contribution in [2.45, 2.75) is 51.0 Å². The number of benzene rings is 1. The van der Waals surface area contributed by atoms with Crippen LogP contribution in [-0.4, -0.2) is 17.3 Å². The van der Waals surface area contributed by atoms with E-state index in [9.17, 15) is 5.11 Å². The van der Waals surface area contributed by atoms with Gasteiger partial charge in [0, 0.05) is 12.2 Å². The molecule has 2 nitrogen and oxygen atoms in total. The van der Waals surface area contributed by atoms with Crippen molar-refractivity contribution in [1.82, 2.24) is 0 Å². The van der Waals surface area contributed by atoms with Crippen LogP contribution >= 0.6 is 0 Å². The molecule has 0 amide bonds. The second kappa shape index (κ2) is 5.09. The molecule has 2 rings (SSSR count). The quantitative estimate of drug-likeness (QED) is 0.834. The van der Waals surface area contributed by atoms with Crippen molar-refractivity contribution < 1.29 is 5.11 Å².